The monoisotopic (exact) mass is 244 g/mol. The zero-order valence-electron chi connectivity index (χ0n) is 11.2. The van der Waals surface area contributed by atoms with Crippen LogP contribution >= 0.6 is 0 Å². The molecular weight excluding hydrogens is 224 g/mol. The number of imidazole rings is 1. The number of aromatic nitrogens is 2. The average Bonchev–Trinajstić information content (AvgIpc) is 2.75. The molecule has 4 nitrogen and oxygen atoms in total. The maximum atomic E-state index is 6.21. The molecule has 2 N–H and O–H groups in total. The van der Waals surface area contributed by atoms with Gasteiger partial charge in [-0.2, -0.15) is 0 Å². The van der Waals surface area contributed by atoms with Crippen molar-refractivity contribution in [2.24, 2.45) is 12.8 Å². The fourth-order valence-corrected chi connectivity index (χ4v) is 1.93. The van der Waals surface area contributed by atoms with Crippen LogP contribution in [0.25, 0.3) is 0 Å². The highest BCUT2D eigenvalue weighted by Gasteiger charge is 2.10. The maximum absolute atomic E-state index is 6.21. The lowest BCUT2D eigenvalue weighted by Crippen LogP contribution is -2.16. The number of benzene rings is 1. The molecule has 0 aliphatic rings. The van der Waals surface area contributed by atoms with Crippen molar-refractivity contribution in [1.82, 2.24) is 9.55 Å². The second-order valence-electron chi connectivity index (χ2n) is 4.75. The van der Waals surface area contributed by atoms with Crippen LogP contribution in [0.5, 0.6) is 0 Å². The van der Waals surface area contributed by atoms with Gasteiger partial charge in [-0.15, -0.1) is 0 Å². The van der Waals surface area contributed by atoms with Gasteiger partial charge < -0.3 is 15.2 Å². The molecule has 0 fully saturated rings. The summed E-state index contributed by atoms with van der Waals surface area (Å²) in [7, 11) is 6.05. The van der Waals surface area contributed by atoms with Gasteiger partial charge in [0.05, 0.1) is 0 Å². The van der Waals surface area contributed by atoms with Gasteiger partial charge in [-0.3, -0.25) is 0 Å². The first-order valence-corrected chi connectivity index (χ1v) is 6.07. The van der Waals surface area contributed by atoms with Crippen LogP contribution in [0.15, 0.2) is 36.7 Å². The largest absolute Gasteiger partial charge is 0.378 e. The van der Waals surface area contributed by atoms with E-state index in [-0.39, 0.29) is 6.04 Å². The van der Waals surface area contributed by atoms with E-state index < -0.39 is 0 Å². The van der Waals surface area contributed by atoms with Crippen LogP contribution < -0.4 is 10.6 Å². The summed E-state index contributed by atoms with van der Waals surface area (Å²) in [6.45, 7) is 0. The Morgan fingerprint density at radius 3 is 2.44 bits per heavy atom. The molecule has 18 heavy (non-hydrogen) atoms. The van der Waals surface area contributed by atoms with E-state index in [1.807, 2.05) is 31.9 Å². The van der Waals surface area contributed by atoms with E-state index in [9.17, 15) is 0 Å². The number of nitrogens with zero attached hydrogens (tertiary/aromatic N) is 3. The van der Waals surface area contributed by atoms with Crippen molar-refractivity contribution in [3.05, 3.63) is 48.0 Å². The quantitative estimate of drug-likeness (QED) is 0.891. The van der Waals surface area contributed by atoms with Gasteiger partial charge in [0.2, 0.25) is 0 Å². The molecule has 0 aliphatic carbocycles. The molecule has 1 atom stereocenters. The van der Waals surface area contributed by atoms with Gasteiger partial charge in [0.25, 0.3) is 0 Å². The first kappa shape index (κ1) is 12.6. The molecule has 1 heterocycles. The predicted octanol–water partition coefficient (Wildman–Crippen LogP) is 1.73. The fourth-order valence-electron chi connectivity index (χ4n) is 1.93. The Hall–Kier alpha value is -1.81. The number of rotatable bonds is 4. The number of aryl methyl sites for hydroxylation is 1. The van der Waals surface area contributed by atoms with Gasteiger partial charge in [0.15, 0.2) is 0 Å². The molecule has 0 amide bonds. The van der Waals surface area contributed by atoms with Gasteiger partial charge in [-0.25, -0.2) is 4.98 Å². The summed E-state index contributed by atoms with van der Waals surface area (Å²) >= 11 is 0. The SMILES string of the molecule is CN(C)c1ccc(C(N)Cc2nccn2C)cc1. The summed E-state index contributed by atoms with van der Waals surface area (Å²) in [4.78, 5) is 6.38. The lowest BCUT2D eigenvalue weighted by Gasteiger charge is -2.15. The van der Waals surface area contributed by atoms with Crippen molar-refractivity contribution in [3.8, 4) is 0 Å². The van der Waals surface area contributed by atoms with E-state index in [0.29, 0.717) is 0 Å². The summed E-state index contributed by atoms with van der Waals surface area (Å²) in [5.74, 6) is 1.01. The van der Waals surface area contributed by atoms with Gasteiger partial charge in [0, 0.05) is 51.7 Å². The summed E-state index contributed by atoms with van der Waals surface area (Å²) in [6.07, 6.45) is 4.50. The van der Waals surface area contributed by atoms with E-state index >= 15 is 0 Å². The van der Waals surface area contributed by atoms with Gasteiger partial charge in [-0.1, -0.05) is 12.1 Å². The molecule has 0 saturated carbocycles. The molecule has 0 radical (unpaired) electrons. The number of hydrogen-bond donors (Lipinski definition) is 1. The molecule has 1 unspecified atom stereocenters. The van der Waals surface area contributed by atoms with Crippen LogP contribution in [0.1, 0.15) is 17.4 Å². The van der Waals surface area contributed by atoms with Crippen LogP contribution in [0.2, 0.25) is 0 Å². The standard InChI is InChI=1S/C14H20N4/c1-17(2)12-6-4-11(5-7-12)13(15)10-14-16-8-9-18(14)3/h4-9,13H,10,15H2,1-3H3. The minimum absolute atomic E-state index is 0.0117. The van der Waals surface area contributed by atoms with Gasteiger partial charge in [-0.05, 0) is 17.7 Å². The molecule has 1 aromatic carbocycles. The molecule has 96 valence electrons. The molecular formula is C14H20N4. The Labute approximate surface area is 108 Å². The molecule has 0 bridgehead atoms. The Morgan fingerprint density at radius 2 is 1.94 bits per heavy atom. The van der Waals surface area contributed by atoms with E-state index in [2.05, 4.69) is 34.1 Å². The molecule has 0 aliphatic heterocycles. The van der Waals surface area contributed by atoms with Crippen molar-refractivity contribution in [1.29, 1.82) is 0 Å². The Morgan fingerprint density at radius 1 is 1.28 bits per heavy atom. The highest BCUT2D eigenvalue weighted by molar-refractivity contribution is 5.46. The minimum atomic E-state index is -0.0117. The third kappa shape index (κ3) is 2.71. The van der Waals surface area contributed by atoms with Crippen molar-refractivity contribution >= 4 is 5.69 Å². The third-order valence-corrected chi connectivity index (χ3v) is 3.16. The second kappa shape index (κ2) is 5.23. The zero-order valence-corrected chi connectivity index (χ0v) is 11.2. The highest BCUT2D eigenvalue weighted by Crippen LogP contribution is 2.18. The number of hydrogen-bond acceptors (Lipinski definition) is 3. The summed E-state index contributed by atoms with van der Waals surface area (Å²) < 4.78 is 2.01. The summed E-state index contributed by atoms with van der Waals surface area (Å²) in [5.41, 5.74) is 8.54. The van der Waals surface area contributed by atoms with Crippen molar-refractivity contribution in [2.75, 3.05) is 19.0 Å². The lowest BCUT2D eigenvalue weighted by atomic mass is 10.0. The predicted molar refractivity (Wildman–Crippen MR) is 74.6 cm³/mol. The maximum Gasteiger partial charge on any atom is 0.110 e. The van der Waals surface area contributed by atoms with Gasteiger partial charge in [0.1, 0.15) is 5.82 Å². The van der Waals surface area contributed by atoms with Crippen molar-refractivity contribution < 1.29 is 0 Å². The first-order chi connectivity index (χ1) is 8.58. The minimum Gasteiger partial charge on any atom is -0.378 e. The lowest BCUT2D eigenvalue weighted by molar-refractivity contribution is 0.659. The Bertz CT molecular complexity index is 499. The topological polar surface area (TPSA) is 47.1 Å². The molecule has 1 aromatic heterocycles. The zero-order chi connectivity index (χ0) is 13.1. The van der Waals surface area contributed by atoms with E-state index in [1.165, 1.54) is 5.69 Å². The smallest absolute Gasteiger partial charge is 0.110 e. The fraction of sp³-hybridized carbons (Fsp3) is 0.357. The normalized spacial score (nSPS) is 12.4. The molecule has 0 saturated heterocycles. The molecule has 2 aromatic rings. The van der Waals surface area contributed by atoms with Gasteiger partial charge >= 0.3 is 0 Å². The van der Waals surface area contributed by atoms with E-state index in [4.69, 9.17) is 5.73 Å². The molecule has 2 rings (SSSR count). The average molecular weight is 244 g/mol. The van der Waals surface area contributed by atoms with Crippen LogP contribution in [-0.4, -0.2) is 23.6 Å². The van der Waals surface area contributed by atoms with Crippen LogP contribution in [0.3, 0.4) is 0 Å². The Kier molecular flexibility index (Phi) is 3.67. The van der Waals surface area contributed by atoms with Crippen LogP contribution in [-0.2, 0) is 13.5 Å². The summed E-state index contributed by atoms with van der Waals surface area (Å²) in [6, 6.07) is 8.34. The Balaban J connectivity index is 2.09. The van der Waals surface area contributed by atoms with Crippen molar-refractivity contribution in [3.63, 3.8) is 0 Å². The second-order valence-corrected chi connectivity index (χ2v) is 4.75. The van der Waals surface area contributed by atoms with Crippen LogP contribution in [0.4, 0.5) is 5.69 Å². The first-order valence-electron chi connectivity index (χ1n) is 6.07. The number of nitrogens with two attached hydrogens (primary N) is 1. The third-order valence-electron chi connectivity index (χ3n) is 3.16. The molecule has 4 heteroatoms. The molecule has 0 spiro atoms. The van der Waals surface area contributed by atoms with Crippen LogP contribution in [0, 0.1) is 0 Å². The number of anilines is 1. The summed E-state index contributed by atoms with van der Waals surface area (Å²) in [5, 5.41) is 0. The highest BCUT2D eigenvalue weighted by atomic mass is 15.1. The van der Waals surface area contributed by atoms with E-state index in [1.54, 1.807) is 6.20 Å². The van der Waals surface area contributed by atoms with E-state index in [0.717, 1.165) is 17.8 Å². The van der Waals surface area contributed by atoms with Crippen molar-refractivity contribution in [2.45, 2.75) is 12.5 Å².